The van der Waals surface area contributed by atoms with Gasteiger partial charge in [0, 0.05) is 26.0 Å². The second-order valence-corrected chi connectivity index (χ2v) is 6.93. The van der Waals surface area contributed by atoms with Gasteiger partial charge in [-0.3, -0.25) is 0 Å². The van der Waals surface area contributed by atoms with Crippen LogP contribution in [0.2, 0.25) is 0 Å². The van der Waals surface area contributed by atoms with Crippen LogP contribution in [0.15, 0.2) is 41.5 Å². The Hall–Kier alpha value is -2.95. The zero-order chi connectivity index (χ0) is 17.6. The van der Waals surface area contributed by atoms with E-state index in [9.17, 15) is 5.11 Å². The monoisotopic (exact) mass is 349 g/mol. The van der Waals surface area contributed by atoms with Gasteiger partial charge in [0.05, 0.1) is 39.6 Å². The molecule has 3 aromatic rings. The second kappa shape index (κ2) is 5.84. The molecule has 1 aromatic carbocycles. The Morgan fingerprint density at radius 3 is 2.68 bits per heavy atom. The van der Waals surface area contributed by atoms with Gasteiger partial charge in [0.2, 0.25) is 0 Å². The Balaban J connectivity index is 1.82. The minimum Gasteiger partial charge on any atom is -0.377 e. The van der Waals surface area contributed by atoms with Crippen molar-refractivity contribution in [3.8, 4) is 6.07 Å². The van der Waals surface area contributed by atoms with Gasteiger partial charge in [-0.2, -0.15) is 5.26 Å². The Kier molecular flexibility index (Phi) is 3.64. The van der Waals surface area contributed by atoms with Crippen molar-refractivity contribution in [3.05, 3.63) is 47.0 Å². The smallest absolute Gasteiger partial charge is 0.169 e. The molecule has 0 fully saturated rings. The highest BCUT2D eigenvalue weighted by Crippen LogP contribution is 2.47. The van der Waals surface area contributed by atoms with Gasteiger partial charge in [-0.1, -0.05) is 0 Å². The summed E-state index contributed by atoms with van der Waals surface area (Å²) in [4.78, 5) is 14.4. The van der Waals surface area contributed by atoms with E-state index in [0.29, 0.717) is 5.56 Å². The number of rotatable bonds is 2. The normalized spacial score (nSPS) is 15.9. The van der Waals surface area contributed by atoms with Crippen LogP contribution in [-0.4, -0.2) is 30.5 Å². The molecular formula is C18H15N5OS. The maximum absolute atomic E-state index is 10.9. The van der Waals surface area contributed by atoms with Crippen molar-refractivity contribution in [1.82, 2.24) is 4.98 Å². The summed E-state index contributed by atoms with van der Waals surface area (Å²) in [6.45, 7) is 0. The number of benzene rings is 1. The third-order valence-corrected chi connectivity index (χ3v) is 5.28. The van der Waals surface area contributed by atoms with Crippen LogP contribution in [-0.2, 0) is 0 Å². The van der Waals surface area contributed by atoms with Crippen molar-refractivity contribution < 1.29 is 5.11 Å². The lowest BCUT2D eigenvalue weighted by Crippen LogP contribution is -2.28. The van der Waals surface area contributed by atoms with Crippen molar-refractivity contribution in [2.75, 3.05) is 23.9 Å². The van der Waals surface area contributed by atoms with Gasteiger partial charge < -0.3 is 14.9 Å². The molecule has 0 amide bonds. The van der Waals surface area contributed by atoms with Gasteiger partial charge in [0.15, 0.2) is 6.23 Å². The number of hydrogen-bond acceptors (Lipinski definition) is 7. The SMILES string of the molecule is CN(C)c1ccnc2sc3c(c12)N=CN(c1ccc(C#N)cc1)C3O. The van der Waals surface area contributed by atoms with Gasteiger partial charge in [-0.15, -0.1) is 11.3 Å². The second-order valence-electron chi connectivity index (χ2n) is 5.90. The molecule has 1 unspecified atom stereocenters. The van der Waals surface area contributed by atoms with Crippen molar-refractivity contribution in [2.24, 2.45) is 4.99 Å². The summed E-state index contributed by atoms with van der Waals surface area (Å²) in [6.07, 6.45) is 2.57. The molecule has 1 N–H and O–H groups in total. The van der Waals surface area contributed by atoms with Crippen LogP contribution in [0, 0.1) is 11.3 Å². The highest BCUT2D eigenvalue weighted by Gasteiger charge is 2.29. The van der Waals surface area contributed by atoms with Crippen LogP contribution in [0.25, 0.3) is 10.2 Å². The molecule has 0 radical (unpaired) electrons. The first kappa shape index (κ1) is 15.6. The standard InChI is InChI=1S/C18H15N5OS/c1-22(2)13-7-8-20-17-14(13)15-16(25-17)18(24)23(10-21-15)12-5-3-11(9-19)4-6-12/h3-8,10,18,24H,1-2H3. The first-order valence-electron chi connectivity index (χ1n) is 7.69. The number of aliphatic hydroxyl groups excluding tert-OH is 1. The van der Waals surface area contributed by atoms with Crippen LogP contribution < -0.4 is 9.80 Å². The maximum atomic E-state index is 10.9. The number of pyridine rings is 1. The lowest BCUT2D eigenvalue weighted by Gasteiger charge is -2.28. The van der Waals surface area contributed by atoms with Crippen LogP contribution in [0.4, 0.5) is 17.1 Å². The molecule has 1 aliphatic heterocycles. The van der Waals surface area contributed by atoms with Gasteiger partial charge in [0.25, 0.3) is 0 Å². The fraction of sp³-hybridized carbons (Fsp3) is 0.167. The zero-order valence-corrected chi connectivity index (χ0v) is 14.5. The number of aliphatic hydroxyl groups is 1. The first-order valence-corrected chi connectivity index (χ1v) is 8.51. The van der Waals surface area contributed by atoms with Crippen molar-refractivity contribution >= 4 is 45.0 Å². The highest BCUT2D eigenvalue weighted by molar-refractivity contribution is 7.19. The number of aromatic nitrogens is 1. The molecule has 1 atom stereocenters. The van der Waals surface area contributed by atoms with E-state index in [1.165, 1.54) is 11.3 Å². The van der Waals surface area contributed by atoms with Crippen LogP contribution >= 0.6 is 11.3 Å². The number of fused-ring (bicyclic) bond motifs is 3. The molecule has 0 saturated carbocycles. The van der Waals surface area contributed by atoms with E-state index in [4.69, 9.17) is 5.26 Å². The average molecular weight is 349 g/mol. The summed E-state index contributed by atoms with van der Waals surface area (Å²) >= 11 is 1.45. The van der Waals surface area contributed by atoms with E-state index < -0.39 is 6.23 Å². The van der Waals surface area contributed by atoms with Crippen molar-refractivity contribution in [2.45, 2.75) is 6.23 Å². The lowest BCUT2D eigenvalue weighted by atomic mass is 10.1. The number of aliphatic imine (C=N–C) groups is 1. The van der Waals surface area contributed by atoms with Gasteiger partial charge in [-0.05, 0) is 30.3 Å². The quantitative estimate of drug-likeness (QED) is 0.767. The van der Waals surface area contributed by atoms with E-state index in [-0.39, 0.29) is 0 Å². The Bertz CT molecular complexity index is 1020. The molecule has 0 spiro atoms. The average Bonchev–Trinajstić information content (AvgIpc) is 3.02. The summed E-state index contributed by atoms with van der Waals surface area (Å²) in [7, 11) is 3.95. The van der Waals surface area contributed by atoms with Gasteiger partial charge in [0.1, 0.15) is 4.83 Å². The molecule has 7 heteroatoms. The molecule has 0 aliphatic carbocycles. The largest absolute Gasteiger partial charge is 0.377 e. The molecule has 124 valence electrons. The van der Waals surface area contributed by atoms with Crippen LogP contribution in [0.3, 0.4) is 0 Å². The minimum absolute atomic E-state index is 0.578. The van der Waals surface area contributed by atoms with Gasteiger partial charge in [-0.25, -0.2) is 9.98 Å². The van der Waals surface area contributed by atoms with E-state index in [1.54, 1.807) is 41.7 Å². The number of nitrogens with zero attached hydrogens (tertiary/aromatic N) is 5. The fourth-order valence-electron chi connectivity index (χ4n) is 2.91. The number of nitriles is 1. The van der Waals surface area contributed by atoms with E-state index in [0.717, 1.165) is 32.2 Å². The fourth-order valence-corrected chi connectivity index (χ4v) is 4.01. The summed E-state index contributed by atoms with van der Waals surface area (Å²) in [5.41, 5.74) is 3.15. The summed E-state index contributed by atoms with van der Waals surface area (Å²) in [6, 6.07) is 11.1. The third kappa shape index (κ3) is 2.43. The summed E-state index contributed by atoms with van der Waals surface area (Å²) < 4.78 is 0. The van der Waals surface area contributed by atoms with E-state index >= 15 is 0 Å². The molecule has 1 aliphatic rings. The molecule has 0 bridgehead atoms. The molecule has 2 aromatic heterocycles. The van der Waals surface area contributed by atoms with Crippen molar-refractivity contribution in [1.29, 1.82) is 5.26 Å². The van der Waals surface area contributed by atoms with Crippen molar-refractivity contribution in [3.63, 3.8) is 0 Å². The number of hydrogen-bond donors (Lipinski definition) is 1. The molecule has 4 rings (SSSR count). The van der Waals surface area contributed by atoms with Crippen LogP contribution in [0.1, 0.15) is 16.7 Å². The Labute approximate surface area is 148 Å². The first-order chi connectivity index (χ1) is 12.1. The van der Waals surface area contributed by atoms with Gasteiger partial charge >= 0.3 is 0 Å². The predicted molar refractivity (Wildman–Crippen MR) is 101 cm³/mol. The molecule has 0 saturated heterocycles. The van der Waals surface area contributed by atoms with E-state index in [2.05, 4.69) is 16.0 Å². The Morgan fingerprint density at radius 2 is 2.00 bits per heavy atom. The predicted octanol–water partition coefficient (Wildman–Crippen LogP) is 3.40. The molecule has 6 nitrogen and oxygen atoms in total. The topological polar surface area (TPSA) is 75.8 Å². The summed E-state index contributed by atoms with van der Waals surface area (Å²) in [5.74, 6) is 0. The van der Waals surface area contributed by atoms with E-state index in [1.807, 2.05) is 25.1 Å². The maximum Gasteiger partial charge on any atom is 0.169 e. The minimum atomic E-state index is -0.838. The van der Waals surface area contributed by atoms with Crippen LogP contribution in [0.5, 0.6) is 0 Å². The third-order valence-electron chi connectivity index (χ3n) is 4.16. The lowest BCUT2D eigenvalue weighted by molar-refractivity contribution is 0.192. The Morgan fingerprint density at radius 1 is 1.24 bits per heavy atom. The highest BCUT2D eigenvalue weighted by atomic mass is 32.1. The summed E-state index contributed by atoms with van der Waals surface area (Å²) in [5, 5.41) is 20.8. The molecular weight excluding hydrogens is 334 g/mol. The molecule has 3 heterocycles. The zero-order valence-electron chi connectivity index (χ0n) is 13.7. The number of thiophene rings is 1. The molecule has 25 heavy (non-hydrogen) atoms. The number of anilines is 2.